The van der Waals surface area contributed by atoms with Crippen molar-refractivity contribution >= 4 is 0 Å². The van der Waals surface area contributed by atoms with Gasteiger partial charge in [0.05, 0.1) is 6.54 Å². The maximum atomic E-state index is 11.9. The van der Waals surface area contributed by atoms with Crippen LogP contribution in [-0.2, 0) is 13.0 Å². The molecule has 0 N–H and O–H groups in total. The molecule has 1 aliphatic heterocycles. The van der Waals surface area contributed by atoms with Crippen LogP contribution in [0.3, 0.4) is 0 Å². The molecule has 4 rings (SSSR count). The molecule has 1 aliphatic rings. The summed E-state index contributed by atoms with van der Waals surface area (Å²) in [6.07, 6.45) is 2.35. The van der Waals surface area contributed by atoms with Gasteiger partial charge in [-0.2, -0.15) is 4.98 Å². The van der Waals surface area contributed by atoms with Crippen LogP contribution in [0.4, 0.5) is 0 Å². The molecule has 0 amide bonds. The summed E-state index contributed by atoms with van der Waals surface area (Å²) in [4.78, 5) is 15.9. The summed E-state index contributed by atoms with van der Waals surface area (Å²) in [5.41, 5.74) is 5.49. The normalized spacial score (nSPS) is 15.2. The van der Waals surface area contributed by atoms with E-state index in [4.69, 9.17) is 9.47 Å². The second kappa shape index (κ2) is 7.50. The van der Waals surface area contributed by atoms with E-state index in [2.05, 4.69) is 49.2 Å². The average molecular weight is 376 g/mol. The molecule has 0 radical (unpaired) electrons. The van der Waals surface area contributed by atoms with Crippen LogP contribution in [0.15, 0.2) is 53.5 Å². The van der Waals surface area contributed by atoms with Gasteiger partial charge in [0.15, 0.2) is 6.10 Å². The van der Waals surface area contributed by atoms with E-state index in [1.807, 2.05) is 29.8 Å². The summed E-state index contributed by atoms with van der Waals surface area (Å²) in [7, 11) is 0. The summed E-state index contributed by atoms with van der Waals surface area (Å²) in [5, 5.41) is 0. The highest BCUT2D eigenvalue weighted by Gasteiger charge is 2.24. The summed E-state index contributed by atoms with van der Waals surface area (Å²) >= 11 is 0. The van der Waals surface area contributed by atoms with Crippen molar-refractivity contribution in [1.29, 1.82) is 0 Å². The number of benzene rings is 2. The Morgan fingerprint density at radius 3 is 2.71 bits per heavy atom. The number of aryl methyl sites for hydroxylation is 2. The van der Waals surface area contributed by atoms with E-state index in [1.165, 1.54) is 22.3 Å². The van der Waals surface area contributed by atoms with E-state index in [-0.39, 0.29) is 11.7 Å². The Labute approximate surface area is 164 Å². The largest absolute Gasteiger partial charge is 0.490 e. The quantitative estimate of drug-likeness (QED) is 0.677. The molecule has 0 saturated heterocycles. The summed E-state index contributed by atoms with van der Waals surface area (Å²) < 4.78 is 13.6. The maximum absolute atomic E-state index is 11.9. The molecule has 2 aromatic carbocycles. The summed E-state index contributed by atoms with van der Waals surface area (Å²) in [6.45, 7) is 7.26. The fourth-order valence-corrected chi connectivity index (χ4v) is 3.46. The first-order valence-corrected chi connectivity index (χ1v) is 9.61. The molecule has 0 bridgehead atoms. The van der Waals surface area contributed by atoms with Gasteiger partial charge in [-0.25, -0.2) is 0 Å². The van der Waals surface area contributed by atoms with Crippen molar-refractivity contribution in [1.82, 2.24) is 9.55 Å². The van der Waals surface area contributed by atoms with Gasteiger partial charge in [0.25, 0.3) is 11.6 Å². The Morgan fingerprint density at radius 1 is 1.18 bits per heavy atom. The third-order valence-electron chi connectivity index (χ3n) is 5.29. The molecule has 0 saturated carbocycles. The Kier molecular flexibility index (Phi) is 4.90. The summed E-state index contributed by atoms with van der Waals surface area (Å²) in [6, 6.07) is 14.8. The molecule has 0 spiro atoms. The lowest BCUT2D eigenvalue weighted by atomic mass is 9.97. The number of hydrogen-bond donors (Lipinski definition) is 0. The van der Waals surface area contributed by atoms with E-state index < -0.39 is 0 Å². The monoisotopic (exact) mass is 376 g/mol. The molecule has 0 aliphatic carbocycles. The van der Waals surface area contributed by atoms with Crippen LogP contribution in [0.25, 0.3) is 11.1 Å². The molecule has 5 nitrogen and oxygen atoms in total. The van der Waals surface area contributed by atoms with E-state index in [1.54, 1.807) is 0 Å². The van der Waals surface area contributed by atoms with Crippen LogP contribution in [0.2, 0.25) is 0 Å². The smallest absolute Gasteiger partial charge is 0.300 e. The van der Waals surface area contributed by atoms with Crippen LogP contribution in [0, 0.1) is 13.8 Å². The minimum absolute atomic E-state index is 0.155. The highest BCUT2D eigenvalue weighted by atomic mass is 16.6. The van der Waals surface area contributed by atoms with Crippen molar-refractivity contribution in [2.75, 3.05) is 6.61 Å². The molecule has 5 heteroatoms. The lowest BCUT2D eigenvalue weighted by Gasteiger charge is -2.12. The van der Waals surface area contributed by atoms with Gasteiger partial charge in [0.1, 0.15) is 12.4 Å². The number of nitrogens with zero attached hydrogens (tertiary/aromatic N) is 2. The fraction of sp³-hybridized carbons (Fsp3) is 0.304. The van der Waals surface area contributed by atoms with Gasteiger partial charge in [-0.1, -0.05) is 37.3 Å². The lowest BCUT2D eigenvalue weighted by molar-refractivity contribution is 0.143. The minimum Gasteiger partial charge on any atom is -0.490 e. The molecular formula is C23H24N2O3. The fourth-order valence-electron chi connectivity index (χ4n) is 3.46. The zero-order valence-corrected chi connectivity index (χ0v) is 16.4. The van der Waals surface area contributed by atoms with Crippen molar-refractivity contribution in [2.24, 2.45) is 0 Å². The SMILES string of the molecule is CCc1cn2c(nc1=O)OC(COc1ccc(-c3cccc(C)c3C)cc1)C2. The topological polar surface area (TPSA) is 53.4 Å². The van der Waals surface area contributed by atoms with E-state index >= 15 is 0 Å². The average Bonchev–Trinajstić information content (AvgIpc) is 3.10. The molecule has 2 heterocycles. The van der Waals surface area contributed by atoms with Crippen molar-refractivity contribution in [3.63, 3.8) is 0 Å². The standard InChI is InChI=1S/C23H24N2O3/c1-4-17-12-25-13-20(28-23(25)24-22(17)26)14-27-19-10-8-18(9-11-19)21-7-5-6-15(2)16(21)3/h5-12,20H,4,13-14H2,1-3H3. The molecule has 1 atom stereocenters. The van der Waals surface area contributed by atoms with Crippen molar-refractivity contribution in [3.8, 4) is 22.9 Å². The number of hydrogen-bond acceptors (Lipinski definition) is 4. The summed E-state index contributed by atoms with van der Waals surface area (Å²) in [5.74, 6) is 0.797. The number of ether oxygens (including phenoxy) is 2. The molecule has 1 aromatic heterocycles. The molecule has 1 unspecified atom stereocenters. The molecule has 0 fully saturated rings. The first-order chi connectivity index (χ1) is 13.5. The number of aromatic nitrogens is 2. The van der Waals surface area contributed by atoms with Crippen LogP contribution >= 0.6 is 0 Å². The third-order valence-corrected chi connectivity index (χ3v) is 5.29. The van der Waals surface area contributed by atoms with Gasteiger partial charge in [-0.05, 0) is 54.7 Å². The number of rotatable bonds is 5. The second-order valence-corrected chi connectivity index (χ2v) is 7.18. The molecular weight excluding hydrogens is 352 g/mol. The van der Waals surface area contributed by atoms with Crippen molar-refractivity contribution in [3.05, 3.63) is 75.7 Å². The van der Waals surface area contributed by atoms with Crippen molar-refractivity contribution < 1.29 is 9.47 Å². The first-order valence-electron chi connectivity index (χ1n) is 9.61. The highest BCUT2D eigenvalue weighted by molar-refractivity contribution is 5.68. The van der Waals surface area contributed by atoms with Gasteiger partial charge >= 0.3 is 0 Å². The molecule has 3 aromatic rings. The van der Waals surface area contributed by atoms with Crippen molar-refractivity contribution in [2.45, 2.75) is 39.8 Å². The van der Waals surface area contributed by atoms with Crippen LogP contribution in [0.5, 0.6) is 11.8 Å². The number of fused-ring (bicyclic) bond motifs is 1. The van der Waals surface area contributed by atoms with Gasteiger partial charge < -0.3 is 9.47 Å². The first kappa shape index (κ1) is 18.3. The molecule has 28 heavy (non-hydrogen) atoms. The molecule has 144 valence electrons. The predicted molar refractivity (Wildman–Crippen MR) is 109 cm³/mol. The van der Waals surface area contributed by atoms with Crippen LogP contribution < -0.4 is 15.0 Å². The van der Waals surface area contributed by atoms with Gasteiger partial charge in [0.2, 0.25) is 0 Å². The van der Waals surface area contributed by atoms with E-state index in [0.29, 0.717) is 31.1 Å². The minimum atomic E-state index is -0.211. The zero-order valence-electron chi connectivity index (χ0n) is 16.4. The van der Waals surface area contributed by atoms with E-state index in [0.717, 1.165) is 5.75 Å². The Morgan fingerprint density at radius 2 is 1.96 bits per heavy atom. The lowest BCUT2D eigenvalue weighted by Crippen LogP contribution is -2.23. The predicted octanol–water partition coefficient (Wildman–Crippen LogP) is 3.93. The third kappa shape index (κ3) is 3.52. The maximum Gasteiger partial charge on any atom is 0.300 e. The highest BCUT2D eigenvalue weighted by Crippen LogP contribution is 2.27. The Balaban J connectivity index is 1.41. The zero-order chi connectivity index (χ0) is 19.7. The van der Waals surface area contributed by atoms with E-state index in [9.17, 15) is 4.79 Å². The van der Waals surface area contributed by atoms with Gasteiger partial charge in [0, 0.05) is 11.8 Å². The van der Waals surface area contributed by atoms with Gasteiger partial charge in [-0.3, -0.25) is 9.36 Å². The Hall–Kier alpha value is -3.08. The second-order valence-electron chi connectivity index (χ2n) is 7.18. The van der Waals surface area contributed by atoms with Crippen LogP contribution in [0.1, 0.15) is 23.6 Å². The van der Waals surface area contributed by atoms with Crippen LogP contribution in [-0.4, -0.2) is 22.3 Å². The van der Waals surface area contributed by atoms with Gasteiger partial charge in [-0.15, -0.1) is 0 Å². The Bertz CT molecular complexity index is 1050.